The van der Waals surface area contributed by atoms with Crippen LogP contribution in [0.15, 0.2) is 20.3 Å². The summed E-state index contributed by atoms with van der Waals surface area (Å²) in [5.74, 6) is 1.78. The number of ether oxygens (including phenoxy) is 1. The topological polar surface area (TPSA) is 105 Å². The second-order valence-corrected chi connectivity index (χ2v) is 9.51. The van der Waals surface area contributed by atoms with E-state index in [0.29, 0.717) is 41.3 Å². The van der Waals surface area contributed by atoms with Crippen LogP contribution in [0.25, 0.3) is 0 Å². The Labute approximate surface area is 158 Å². The highest BCUT2D eigenvalue weighted by Gasteiger charge is 3.04. The number of aromatic nitrogens is 2. The van der Waals surface area contributed by atoms with Crippen LogP contribution in [0.3, 0.4) is 0 Å². The number of nitrogens with zero attached hydrogens (tertiary/aromatic N) is 1. The van der Waals surface area contributed by atoms with E-state index >= 15 is 0 Å². The molecule has 0 saturated heterocycles. The maximum absolute atomic E-state index is 12.3. The third kappa shape index (κ3) is 1.29. The van der Waals surface area contributed by atoms with Gasteiger partial charge in [0.1, 0.15) is 0 Å². The lowest BCUT2D eigenvalue weighted by molar-refractivity contribution is -0.603. The van der Waals surface area contributed by atoms with E-state index in [1.807, 2.05) is 0 Å². The van der Waals surface area contributed by atoms with Crippen molar-refractivity contribution in [3.05, 3.63) is 31.5 Å². The van der Waals surface area contributed by atoms with Gasteiger partial charge in [0.15, 0.2) is 0 Å². The van der Waals surface area contributed by atoms with Crippen LogP contribution in [-0.4, -0.2) is 46.7 Å². The highest BCUT2D eigenvalue weighted by atomic mass is 79.9. The summed E-state index contributed by atoms with van der Waals surface area (Å²) in [5.41, 5.74) is -1.72. The molecule has 0 aromatic carbocycles. The first-order valence-corrected chi connectivity index (χ1v) is 9.88. The maximum atomic E-state index is 12.3. The Bertz CT molecular complexity index is 884. The molecule has 3 N–H and O–H groups in total. The van der Waals surface area contributed by atoms with E-state index in [4.69, 9.17) is 4.74 Å². The van der Waals surface area contributed by atoms with Gasteiger partial charge in [-0.3, -0.25) is 14.3 Å². The van der Waals surface area contributed by atoms with Gasteiger partial charge in [-0.2, -0.15) is 0 Å². The lowest BCUT2D eigenvalue weighted by atomic mass is 8.99. The van der Waals surface area contributed by atoms with Gasteiger partial charge in [0.25, 0.3) is 5.56 Å². The molecule has 0 radical (unpaired) electrons. The zero-order valence-electron chi connectivity index (χ0n) is 14.7. The molecule has 7 nitrogen and oxygen atoms in total. The minimum absolute atomic E-state index is 0.0588. The predicted octanol–water partition coefficient (Wildman–Crippen LogP) is 0.0446. The van der Waals surface area contributed by atoms with Crippen molar-refractivity contribution in [2.45, 2.75) is 13.5 Å². The Kier molecular flexibility index (Phi) is 3.23. The fourth-order valence-corrected chi connectivity index (χ4v) is 8.82. The average Bonchev–Trinajstić information content (AvgIpc) is 2.61. The Hall–Kier alpha value is -0.960. The summed E-state index contributed by atoms with van der Waals surface area (Å²) in [6.45, 7) is 3.33. The maximum Gasteiger partial charge on any atom is 0.328 e. The standard InChI is InChI=1S/C18H23BrN2O5/c1-8-16(6-22)11-9(4-26-2)12-13(11)18(16,17(8,12)7-23)5-21-3-10(19)14(24)20-15(21)25/h3,8-9,11-13,22-23H,4-7H2,1-2H3,(H,20,24,25). The van der Waals surface area contributed by atoms with Crippen molar-refractivity contribution in [2.24, 2.45) is 45.8 Å². The number of aliphatic hydroxyl groups is 2. The number of halogens is 1. The van der Waals surface area contributed by atoms with Crippen molar-refractivity contribution in [1.82, 2.24) is 9.55 Å². The molecule has 0 amide bonds. The largest absolute Gasteiger partial charge is 0.396 e. The van der Waals surface area contributed by atoms with Crippen LogP contribution in [0.5, 0.6) is 0 Å². The summed E-state index contributed by atoms with van der Waals surface area (Å²) in [6, 6.07) is 0. The van der Waals surface area contributed by atoms with Crippen molar-refractivity contribution >= 4 is 15.9 Å². The molecule has 1 heterocycles. The second-order valence-electron chi connectivity index (χ2n) is 8.65. The molecule has 0 bridgehead atoms. The second kappa shape index (κ2) is 4.90. The summed E-state index contributed by atoms with van der Waals surface area (Å²) in [7, 11) is 1.70. The van der Waals surface area contributed by atoms with E-state index < -0.39 is 11.2 Å². The summed E-state index contributed by atoms with van der Waals surface area (Å²) in [5, 5.41) is 20.8. The zero-order valence-corrected chi connectivity index (χ0v) is 16.3. The quantitative estimate of drug-likeness (QED) is 0.595. The van der Waals surface area contributed by atoms with Crippen LogP contribution in [0.4, 0.5) is 0 Å². The molecule has 5 rings (SSSR count). The Balaban J connectivity index is 1.60. The fraction of sp³-hybridized carbons (Fsp3) is 0.778. The molecule has 142 valence electrons. The highest BCUT2D eigenvalue weighted by molar-refractivity contribution is 9.10. The van der Waals surface area contributed by atoms with Gasteiger partial charge in [-0.1, -0.05) is 6.92 Å². The highest BCUT2D eigenvalue weighted by Crippen LogP contribution is 3.03. The van der Waals surface area contributed by atoms with E-state index in [-0.39, 0.29) is 35.4 Å². The van der Waals surface area contributed by atoms with Crippen molar-refractivity contribution in [3.63, 3.8) is 0 Å². The number of rotatable bonds is 6. The van der Waals surface area contributed by atoms with Gasteiger partial charge >= 0.3 is 5.69 Å². The molecule has 4 unspecified atom stereocenters. The minimum Gasteiger partial charge on any atom is -0.396 e. The molecule has 26 heavy (non-hydrogen) atoms. The average molecular weight is 427 g/mol. The lowest BCUT2D eigenvalue weighted by Crippen LogP contribution is -3.05. The first-order valence-electron chi connectivity index (χ1n) is 9.09. The third-order valence-electron chi connectivity index (χ3n) is 8.93. The number of aromatic amines is 1. The van der Waals surface area contributed by atoms with Gasteiger partial charge in [-0.25, -0.2) is 4.79 Å². The van der Waals surface area contributed by atoms with Crippen LogP contribution >= 0.6 is 15.9 Å². The van der Waals surface area contributed by atoms with Crippen LogP contribution in [0.2, 0.25) is 0 Å². The molecular weight excluding hydrogens is 404 g/mol. The molecule has 4 saturated carbocycles. The number of nitrogens with one attached hydrogen (secondary N) is 1. The van der Waals surface area contributed by atoms with E-state index in [1.54, 1.807) is 7.11 Å². The van der Waals surface area contributed by atoms with Crippen molar-refractivity contribution in [3.8, 4) is 0 Å². The molecule has 4 fully saturated rings. The number of fused-ring (bicyclic) bond motifs is 2. The normalized spacial score (nSPS) is 49.3. The van der Waals surface area contributed by atoms with Crippen LogP contribution < -0.4 is 11.2 Å². The van der Waals surface area contributed by atoms with E-state index in [9.17, 15) is 19.8 Å². The smallest absolute Gasteiger partial charge is 0.328 e. The van der Waals surface area contributed by atoms with E-state index in [1.165, 1.54) is 10.8 Å². The summed E-state index contributed by atoms with van der Waals surface area (Å²) in [6.07, 6.45) is 1.53. The number of hydrogen-bond acceptors (Lipinski definition) is 5. The molecule has 4 atom stereocenters. The Morgan fingerprint density at radius 3 is 2.38 bits per heavy atom. The summed E-state index contributed by atoms with van der Waals surface area (Å²) >= 11 is 3.19. The van der Waals surface area contributed by atoms with Gasteiger partial charge in [0, 0.05) is 55.9 Å². The van der Waals surface area contributed by atoms with Gasteiger partial charge < -0.3 is 14.9 Å². The van der Waals surface area contributed by atoms with Crippen LogP contribution in [0.1, 0.15) is 6.92 Å². The van der Waals surface area contributed by atoms with Crippen molar-refractivity contribution < 1.29 is 14.9 Å². The Morgan fingerprint density at radius 2 is 1.85 bits per heavy atom. The fourth-order valence-electron chi connectivity index (χ4n) is 8.48. The molecule has 1 aromatic rings. The van der Waals surface area contributed by atoms with Crippen LogP contribution in [-0.2, 0) is 11.3 Å². The first kappa shape index (κ1) is 17.2. The number of H-pyrrole nitrogens is 1. The van der Waals surface area contributed by atoms with Gasteiger partial charge in [0.2, 0.25) is 0 Å². The van der Waals surface area contributed by atoms with Gasteiger partial charge in [-0.15, -0.1) is 0 Å². The number of aliphatic hydroxyl groups excluding tert-OH is 2. The zero-order chi connectivity index (χ0) is 18.6. The summed E-state index contributed by atoms with van der Waals surface area (Å²) in [4.78, 5) is 26.3. The van der Waals surface area contributed by atoms with E-state index in [0.717, 1.165) is 0 Å². The molecule has 0 aliphatic heterocycles. The molecule has 4 aliphatic carbocycles. The number of methoxy groups -OCH3 is 1. The SMILES string of the molecule is COCC1C2C3C1C1(CO)C(C)C2(CO)C31Cn1cc(Br)c(=O)[nH]c1=O. The van der Waals surface area contributed by atoms with Gasteiger partial charge in [0.05, 0.1) is 4.47 Å². The molecular formula is C18H23BrN2O5. The Morgan fingerprint density at radius 1 is 1.23 bits per heavy atom. The molecule has 0 spiro atoms. The third-order valence-corrected chi connectivity index (χ3v) is 9.50. The molecule has 8 heteroatoms. The monoisotopic (exact) mass is 426 g/mol. The van der Waals surface area contributed by atoms with Gasteiger partial charge in [-0.05, 0) is 45.5 Å². The predicted molar refractivity (Wildman–Crippen MR) is 95.5 cm³/mol. The van der Waals surface area contributed by atoms with Crippen LogP contribution in [0, 0.1) is 45.8 Å². The van der Waals surface area contributed by atoms with Crippen molar-refractivity contribution in [2.75, 3.05) is 26.9 Å². The minimum atomic E-state index is -0.446. The molecule has 4 aliphatic rings. The number of hydrogen-bond donors (Lipinski definition) is 3. The van der Waals surface area contributed by atoms with Crippen molar-refractivity contribution in [1.29, 1.82) is 0 Å². The van der Waals surface area contributed by atoms with E-state index in [2.05, 4.69) is 27.8 Å². The summed E-state index contributed by atoms with van der Waals surface area (Å²) < 4.78 is 7.25. The first-order chi connectivity index (χ1) is 12.4. The lowest BCUT2D eigenvalue weighted by Gasteiger charge is -3.04. The molecule has 1 aromatic heterocycles.